The molecule has 0 aliphatic carbocycles. The summed E-state index contributed by atoms with van der Waals surface area (Å²) in [6.45, 7) is 0.547. The third-order valence-corrected chi connectivity index (χ3v) is 4.35. The van der Waals surface area contributed by atoms with Crippen molar-refractivity contribution in [1.29, 1.82) is 0 Å². The highest BCUT2D eigenvalue weighted by molar-refractivity contribution is 9.10. The molecule has 0 amide bonds. The smallest absolute Gasteiger partial charge is 0.276 e. The summed E-state index contributed by atoms with van der Waals surface area (Å²) in [5.74, 6) is 2.89. The molecular weight excluding hydrogens is 384 g/mol. The van der Waals surface area contributed by atoms with Crippen LogP contribution in [-0.4, -0.2) is 28.8 Å². The number of thioether (sulfide) groups is 2. The van der Waals surface area contributed by atoms with E-state index in [1.807, 2.05) is 12.3 Å². The van der Waals surface area contributed by atoms with Gasteiger partial charge in [-0.3, -0.25) is 0 Å². The van der Waals surface area contributed by atoms with Gasteiger partial charge in [0.1, 0.15) is 5.75 Å². The topological polar surface area (TPSA) is 48.2 Å². The number of hydrogen-bond acceptors (Lipinski definition) is 6. The van der Waals surface area contributed by atoms with Crippen LogP contribution in [0.5, 0.6) is 5.75 Å². The normalized spacial score (nSPS) is 10.8. The van der Waals surface area contributed by atoms with Crippen LogP contribution in [0.4, 0.5) is 0 Å². The second kappa shape index (κ2) is 8.17. The zero-order valence-electron chi connectivity index (χ0n) is 10.6. The SMILES string of the molecule is CSCc1nnc(SCCOc2ccc(Cl)cc2Br)o1. The molecule has 2 aromatic rings. The number of benzene rings is 1. The Morgan fingerprint density at radius 3 is 3.00 bits per heavy atom. The van der Waals surface area contributed by atoms with Crippen molar-refractivity contribution in [2.75, 3.05) is 18.6 Å². The van der Waals surface area contributed by atoms with Crippen molar-refractivity contribution in [2.45, 2.75) is 11.0 Å². The lowest BCUT2D eigenvalue weighted by Crippen LogP contribution is -2.00. The summed E-state index contributed by atoms with van der Waals surface area (Å²) in [6, 6.07) is 5.43. The van der Waals surface area contributed by atoms with E-state index in [1.165, 1.54) is 11.8 Å². The van der Waals surface area contributed by atoms with Crippen molar-refractivity contribution < 1.29 is 9.15 Å². The van der Waals surface area contributed by atoms with Gasteiger partial charge in [-0.25, -0.2) is 0 Å². The van der Waals surface area contributed by atoms with Crippen molar-refractivity contribution in [2.24, 2.45) is 0 Å². The molecule has 0 saturated heterocycles. The zero-order valence-corrected chi connectivity index (χ0v) is 14.6. The number of rotatable bonds is 7. The quantitative estimate of drug-likeness (QED) is 0.507. The molecule has 0 saturated carbocycles. The molecule has 0 unspecified atom stereocenters. The molecule has 1 heterocycles. The minimum Gasteiger partial charge on any atom is -0.492 e. The van der Waals surface area contributed by atoms with Crippen LogP contribution >= 0.6 is 51.1 Å². The first-order valence-electron chi connectivity index (χ1n) is 5.71. The van der Waals surface area contributed by atoms with Gasteiger partial charge in [0.2, 0.25) is 5.89 Å². The van der Waals surface area contributed by atoms with E-state index in [9.17, 15) is 0 Å². The number of nitrogens with zero attached hydrogens (tertiary/aromatic N) is 2. The summed E-state index contributed by atoms with van der Waals surface area (Å²) in [4.78, 5) is 0. The lowest BCUT2D eigenvalue weighted by molar-refractivity contribution is 0.341. The van der Waals surface area contributed by atoms with Gasteiger partial charge in [-0.1, -0.05) is 23.4 Å². The van der Waals surface area contributed by atoms with Crippen LogP contribution in [0.25, 0.3) is 0 Å². The van der Waals surface area contributed by atoms with E-state index in [1.54, 1.807) is 23.9 Å². The van der Waals surface area contributed by atoms with Gasteiger partial charge in [0.15, 0.2) is 0 Å². The molecule has 1 aromatic carbocycles. The predicted molar refractivity (Wildman–Crippen MR) is 86.9 cm³/mol. The molecule has 0 spiro atoms. The fourth-order valence-electron chi connectivity index (χ4n) is 1.35. The van der Waals surface area contributed by atoms with E-state index in [0.29, 0.717) is 22.7 Å². The van der Waals surface area contributed by atoms with Gasteiger partial charge < -0.3 is 9.15 Å². The summed E-state index contributed by atoms with van der Waals surface area (Å²) < 4.78 is 11.9. The first kappa shape index (κ1) is 16.0. The number of aromatic nitrogens is 2. The number of ether oxygens (including phenoxy) is 1. The molecule has 20 heavy (non-hydrogen) atoms. The van der Waals surface area contributed by atoms with E-state index in [-0.39, 0.29) is 0 Å². The number of halogens is 2. The summed E-state index contributed by atoms with van der Waals surface area (Å²) in [7, 11) is 0. The van der Waals surface area contributed by atoms with Gasteiger partial charge in [-0.2, -0.15) is 11.8 Å². The molecule has 0 aliphatic heterocycles. The van der Waals surface area contributed by atoms with E-state index >= 15 is 0 Å². The Balaban J connectivity index is 1.75. The Morgan fingerprint density at radius 1 is 1.40 bits per heavy atom. The monoisotopic (exact) mass is 394 g/mol. The molecule has 2 rings (SSSR count). The van der Waals surface area contributed by atoms with Gasteiger partial charge in [-0.05, 0) is 40.4 Å². The van der Waals surface area contributed by atoms with Crippen LogP contribution in [0.1, 0.15) is 5.89 Å². The van der Waals surface area contributed by atoms with Crippen LogP contribution in [0, 0.1) is 0 Å². The molecule has 0 fully saturated rings. The van der Waals surface area contributed by atoms with Gasteiger partial charge in [-0.15, -0.1) is 10.2 Å². The largest absolute Gasteiger partial charge is 0.492 e. The van der Waals surface area contributed by atoms with Crippen molar-refractivity contribution in [3.05, 3.63) is 33.6 Å². The minimum absolute atomic E-state index is 0.547. The van der Waals surface area contributed by atoms with Crippen molar-refractivity contribution in [3.63, 3.8) is 0 Å². The Morgan fingerprint density at radius 2 is 2.25 bits per heavy atom. The molecule has 4 nitrogen and oxygen atoms in total. The predicted octanol–water partition coefficient (Wildman–Crippen LogP) is 4.52. The Labute approximate surface area is 139 Å². The Kier molecular flexibility index (Phi) is 6.54. The standard InChI is InChI=1S/C12H12BrClN2O2S2/c1-19-7-11-15-16-12(18-11)20-5-4-17-10-3-2-8(14)6-9(10)13/h2-3,6H,4-5,7H2,1H3. The summed E-state index contributed by atoms with van der Waals surface area (Å²) in [5, 5.41) is 9.15. The third-order valence-electron chi connectivity index (χ3n) is 2.18. The minimum atomic E-state index is 0.547. The van der Waals surface area contributed by atoms with Crippen molar-refractivity contribution in [1.82, 2.24) is 10.2 Å². The van der Waals surface area contributed by atoms with Crippen LogP contribution in [0.2, 0.25) is 5.02 Å². The van der Waals surface area contributed by atoms with Gasteiger partial charge >= 0.3 is 0 Å². The lowest BCUT2D eigenvalue weighted by atomic mass is 10.3. The second-order valence-electron chi connectivity index (χ2n) is 3.67. The van der Waals surface area contributed by atoms with Gasteiger partial charge in [0.05, 0.1) is 16.8 Å². The van der Waals surface area contributed by atoms with Crippen LogP contribution < -0.4 is 4.74 Å². The van der Waals surface area contributed by atoms with Gasteiger partial charge in [0, 0.05) is 10.8 Å². The highest BCUT2D eigenvalue weighted by Gasteiger charge is 2.06. The lowest BCUT2D eigenvalue weighted by Gasteiger charge is -2.07. The fraction of sp³-hybridized carbons (Fsp3) is 0.333. The maximum absolute atomic E-state index is 5.87. The van der Waals surface area contributed by atoms with Crippen LogP contribution in [-0.2, 0) is 5.75 Å². The van der Waals surface area contributed by atoms with Crippen LogP contribution in [0.15, 0.2) is 32.3 Å². The summed E-state index contributed by atoms with van der Waals surface area (Å²) in [5.41, 5.74) is 0. The second-order valence-corrected chi connectivity index (χ2v) is 6.87. The molecule has 0 N–H and O–H groups in total. The average Bonchev–Trinajstić information content (AvgIpc) is 2.85. The highest BCUT2D eigenvalue weighted by atomic mass is 79.9. The highest BCUT2D eigenvalue weighted by Crippen LogP contribution is 2.28. The molecule has 0 atom stereocenters. The zero-order chi connectivity index (χ0) is 14.4. The van der Waals surface area contributed by atoms with Crippen LogP contribution in [0.3, 0.4) is 0 Å². The molecule has 1 aromatic heterocycles. The molecule has 8 heteroatoms. The first-order valence-corrected chi connectivity index (χ1v) is 9.26. The van der Waals surface area contributed by atoms with Gasteiger partial charge in [0.25, 0.3) is 5.22 Å². The summed E-state index contributed by atoms with van der Waals surface area (Å²) >= 11 is 12.4. The molecule has 0 aliphatic rings. The maximum atomic E-state index is 5.87. The summed E-state index contributed by atoms with van der Waals surface area (Å²) in [6.07, 6.45) is 1.99. The molecular formula is C12H12BrClN2O2S2. The molecule has 0 radical (unpaired) electrons. The van der Waals surface area contributed by atoms with Crippen molar-refractivity contribution >= 4 is 51.1 Å². The maximum Gasteiger partial charge on any atom is 0.276 e. The fourth-order valence-corrected chi connectivity index (χ4v) is 3.11. The average molecular weight is 396 g/mol. The number of hydrogen-bond donors (Lipinski definition) is 0. The third kappa shape index (κ3) is 4.87. The van der Waals surface area contributed by atoms with Crippen molar-refractivity contribution in [3.8, 4) is 5.75 Å². The van der Waals surface area contributed by atoms with E-state index in [0.717, 1.165) is 21.7 Å². The Hall–Kier alpha value is -0.370. The van der Waals surface area contributed by atoms with E-state index in [2.05, 4.69) is 26.1 Å². The first-order chi connectivity index (χ1) is 9.69. The Bertz CT molecular complexity index is 568. The van der Waals surface area contributed by atoms with E-state index in [4.69, 9.17) is 20.8 Å². The van der Waals surface area contributed by atoms with E-state index < -0.39 is 0 Å². The molecule has 0 bridgehead atoms. The molecule has 108 valence electrons.